The minimum atomic E-state index is 0.637. The summed E-state index contributed by atoms with van der Waals surface area (Å²) in [5.41, 5.74) is 0. The van der Waals surface area contributed by atoms with Crippen LogP contribution >= 0.6 is 0 Å². The number of nitriles is 1. The quantitative estimate of drug-likeness (QED) is 0.309. The number of unbranched alkanes of at least 4 members (excludes halogenated alkanes) is 8. The Morgan fingerprint density at radius 3 is 2.06 bits per heavy atom. The SMILES string of the molecule is CCCCCCCCC/C=C\C/C=C\CCC#N. The lowest BCUT2D eigenvalue weighted by Crippen LogP contribution is -1.78. The lowest BCUT2D eigenvalue weighted by Gasteiger charge is -1.98. The van der Waals surface area contributed by atoms with Crippen LogP contribution in [0.2, 0.25) is 0 Å². The Morgan fingerprint density at radius 2 is 1.39 bits per heavy atom. The number of allylic oxidation sites excluding steroid dienone is 4. The lowest BCUT2D eigenvalue weighted by atomic mass is 10.1. The standard InChI is InChI=1S/C17H29N/c1-2-3-4-5-6-7-8-9-10-11-12-13-14-15-16-17-18/h10-11,13-14H,2-9,12,15-16H2,1H3/b11-10-,14-13-. The van der Waals surface area contributed by atoms with E-state index in [4.69, 9.17) is 5.26 Å². The Bertz CT molecular complexity index is 245. The summed E-state index contributed by atoms with van der Waals surface area (Å²) in [6, 6.07) is 2.14. The molecule has 0 spiro atoms. The van der Waals surface area contributed by atoms with Crippen LogP contribution in [0.25, 0.3) is 0 Å². The summed E-state index contributed by atoms with van der Waals surface area (Å²) in [6.07, 6.45) is 22.2. The number of hydrogen-bond acceptors (Lipinski definition) is 1. The fourth-order valence-corrected chi connectivity index (χ4v) is 1.87. The molecule has 0 fully saturated rings. The van der Waals surface area contributed by atoms with Crippen molar-refractivity contribution in [1.82, 2.24) is 0 Å². The van der Waals surface area contributed by atoms with Gasteiger partial charge in [0.2, 0.25) is 0 Å². The van der Waals surface area contributed by atoms with E-state index in [9.17, 15) is 0 Å². The fourth-order valence-electron chi connectivity index (χ4n) is 1.87. The van der Waals surface area contributed by atoms with E-state index in [1.165, 1.54) is 51.4 Å². The van der Waals surface area contributed by atoms with E-state index in [2.05, 4.69) is 37.3 Å². The first kappa shape index (κ1) is 17.0. The normalized spacial score (nSPS) is 11.3. The number of rotatable bonds is 12. The average Bonchev–Trinajstić information content (AvgIpc) is 2.39. The van der Waals surface area contributed by atoms with Crippen LogP contribution in [-0.2, 0) is 0 Å². The van der Waals surface area contributed by atoms with E-state index < -0.39 is 0 Å². The molecule has 1 heteroatoms. The predicted octanol–water partition coefficient (Wildman–Crippen LogP) is 5.93. The molecule has 0 amide bonds. The van der Waals surface area contributed by atoms with Gasteiger partial charge in [-0.05, 0) is 25.7 Å². The molecule has 102 valence electrons. The van der Waals surface area contributed by atoms with Crippen molar-refractivity contribution < 1.29 is 0 Å². The molecule has 0 atom stereocenters. The molecule has 0 N–H and O–H groups in total. The largest absolute Gasteiger partial charge is 0.198 e. The molecular formula is C17H29N. The lowest BCUT2D eigenvalue weighted by molar-refractivity contribution is 0.592. The van der Waals surface area contributed by atoms with Crippen molar-refractivity contribution in [1.29, 1.82) is 5.26 Å². The Balaban J connectivity index is 3.14. The van der Waals surface area contributed by atoms with Crippen molar-refractivity contribution in [3.63, 3.8) is 0 Å². The summed E-state index contributed by atoms with van der Waals surface area (Å²) < 4.78 is 0. The van der Waals surface area contributed by atoms with E-state index in [0.29, 0.717) is 6.42 Å². The molecule has 0 aromatic heterocycles. The zero-order valence-electron chi connectivity index (χ0n) is 12.0. The molecule has 0 aliphatic carbocycles. The van der Waals surface area contributed by atoms with Crippen LogP contribution in [0.15, 0.2) is 24.3 Å². The molecule has 0 saturated carbocycles. The fraction of sp³-hybridized carbons (Fsp3) is 0.706. The van der Waals surface area contributed by atoms with Crippen LogP contribution in [0.3, 0.4) is 0 Å². The maximum Gasteiger partial charge on any atom is 0.0624 e. The monoisotopic (exact) mass is 247 g/mol. The zero-order valence-corrected chi connectivity index (χ0v) is 12.0. The molecule has 0 heterocycles. The van der Waals surface area contributed by atoms with E-state index in [-0.39, 0.29) is 0 Å². The highest BCUT2D eigenvalue weighted by molar-refractivity contribution is 4.93. The molecule has 0 aromatic rings. The van der Waals surface area contributed by atoms with Gasteiger partial charge in [0.1, 0.15) is 0 Å². The number of hydrogen-bond donors (Lipinski definition) is 0. The van der Waals surface area contributed by atoms with Gasteiger partial charge >= 0.3 is 0 Å². The van der Waals surface area contributed by atoms with Crippen LogP contribution in [0.4, 0.5) is 0 Å². The van der Waals surface area contributed by atoms with Crippen molar-refractivity contribution in [2.75, 3.05) is 0 Å². The van der Waals surface area contributed by atoms with Crippen molar-refractivity contribution in [3.05, 3.63) is 24.3 Å². The first-order valence-corrected chi connectivity index (χ1v) is 7.58. The second-order valence-corrected chi connectivity index (χ2v) is 4.79. The molecule has 18 heavy (non-hydrogen) atoms. The molecule has 0 bridgehead atoms. The summed E-state index contributed by atoms with van der Waals surface area (Å²) in [7, 11) is 0. The van der Waals surface area contributed by atoms with E-state index in [1.807, 2.05) is 0 Å². The Hall–Kier alpha value is -1.03. The third-order valence-corrected chi connectivity index (χ3v) is 3.00. The molecule has 0 rings (SSSR count). The van der Waals surface area contributed by atoms with Crippen LogP contribution in [-0.4, -0.2) is 0 Å². The zero-order chi connectivity index (χ0) is 13.3. The summed E-state index contributed by atoms with van der Waals surface area (Å²) in [5.74, 6) is 0. The highest BCUT2D eigenvalue weighted by Gasteiger charge is 1.88. The maximum atomic E-state index is 8.36. The summed E-state index contributed by atoms with van der Waals surface area (Å²) in [4.78, 5) is 0. The van der Waals surface area contributed by atoms with E-state index in [0.717, 1.165) is 12.8 Å². The molecular weight excluding hydrogens is 218 g/mol. The van der Waals surface area contributed by atoms with Gasteiger partial charge in [0, 0.05) is 6.42 Å². The van der Waals surface area contributed by atoms with Gasteiger partial charge in [-0.25, -0.2) is 0 Å². The van der Waals surface area contributed by atoms with Gasteiger partial charge in [0.25, 0.3) is 0 Å². The van der Waals surface area contributed by atoms with Crippen molar-refractivity contribution in [2.24, 2.45) is 0 Å². The van der Waals surface area contributed by atoms with Gasteiger partial charge in [-0.15, -0.1) is 0 Å². The molecule has 0 aliphatic rings. The minimum absolute atomic E-state index is 0.637. The topological polar surface area (TPSA) is 23.8 Å². The van der Waals surface area contributed by atoms with Gasteiger partial charge in [-0.3, -0.25) is 0 Å². The van der Waals surface area contributed by atoms with Crippen molar-refractivity contribution >= 4 is 0 Å². The maximum absolute atomic E-state index is 8.36. The average molecular weight is 247 g/mol. The van der Waals surface area contributed by atoms with Crippen molar-refractivity contribution in [3.8, 4) is 6.07 Å². The molecule has 0 aromatic carbocycles. The second-order valence-electron chi connectivity index (χ2n) is 4.79. The smallest absolute Gasteiger partial charge is 0.0624 e. The first-order chi connectivity index (χ1) is 8.91. The third kappa shape index (κ3) is 15.0. The Labute approximate surface area is 114 Å². The first-order valence-electron chi connectivity index (χ1n) is 7.58. The Morgan fingerprint density at radius 1 is 0.778 bits per heavy atom. The minimum Gasteiger partial charge on any atom is -0.198 e. The number of nitrogens with zero attached hydrogens (tertiary/aromatic N) is 1. The predicted molar refractivity (Wildman–Crippen MR) is 80.4 cm³/mol. The van der Waals surface area contributed by atoms with Gasteiger partial charge in [-0.2, -0.15) is 5.26 Å². The summed E-state index contributed by atoms with van der Waals surface area (Å²) in [6.45, 7) is 2.26. The van der Waals surface area contributed by atoms with Crippen LogP contribution in [0.5, 0.6) is 0 Å². The van der Waals surface area contributed by atoms with Gasteiger partial charge < -0.3 is 0 Å². The van der Waals surface area contributed by atoms with E-state index in [1.54, 1.807) is 0 Å². The molecule has 0 radical (unpaired) electrons. The summed E-state index contributed by atoms with van der Waals surface area (Å²) >= 11 is 0. The molecule has 1 nitrogen and oxygen atoms in total. The highest BCUT2D eigenvalue weighted by atomic mass is 14.2. The van der Waals surface area contributed by atoms with Gasteiger partial charge in [0.15, 0.2) is 0 Å². The van der Waals surface area contributed by atoms with E-state index >= 15 is 0 Å². The molecule has 0 saturated heterocycles. The molecule has 0 unspecified atom stereocenters. The van der Waals surface area contributed by atoms with Crippen molar-refractivity contribution in [2.45, 2.75) is 77.6 Å². The van der Waals surface area contributed by atoms with Crippen LogP contribution < -0.4 is 0 Å². The second kappa shape index (κ2) is 16.0. The van der Waals surface area contributed by atoms with Crippen LogP contribution in [0, 0.1) is 11.3 Å². The molecule has 0 aliphatic heterocycles. The van der Waals surface area contributed by atoms with Gasteiger partial charge in [-0.1, -0.05) is 69.8 Å². The third-order valence-electron chi connectivity index (χ3n) is 3.00. The highest BCUT2D eigenvalue weighted by Crippen LogP contribution is 2.08. The van der Waals surface area contributed by atoms with Crippen LogP contribution in [0.1, 0.15) is 77.6 Å². The summed E-state index contributed by atoms with van der Waals surface area (Å²) in [5, 5.41) is 8.36. The van der Waals surface area contributed by atoms with Gasteiger partial charge in [0.05, 0.1) is 6.07 Å². The Kier molecular flexibility index (Phi) is 15.1.